The topological polar surface area (TPSA) is 138 Å². The van der Waals surface area contributed by atoms with E-state index in [1.165, 1.54) is 16.2 Å². The molecule has 0 spiro atoms. The molecule has 1 aromatic rings. The summed E-state index contributed by atoms with van der Waals surface area (Å²) in [6, 6.07) is -0.191. The lowest BCUT2D eigenvalue weighted by Gasteiger charge is -2.58. The van der Waals surface area contributed by atoms with Gasteiger partial charge in [-0.05, 0) is 30.6 Å². The fourth-order valence-corrected chi connectivity index (χ4v) is 8.24. The number of quaternary nitrogens is 1. The Kier molecular flexibility index (Phi) is 8.80. The van der Waals surface area contributed by atoms with Gasteiger partial charge in [0, 0.05) is 35.7 Å². The molecule has 2 saturated heterocycles. The van der Waals surface area contributed by atoms with E-state index in [2.05, 4.69) is 17.6 Å². The lowest BCUT2D eigenvalue weighted by molar-refractivity contribution is -0.906. The molecule has 5 atom stereocenters. The highest BCUT2D eigenvalue weighted by molar-refractivity contribution is 7.15. The number of urea groups is 1. The minimum absolute atomic E-state index is 0.00999. The number of ether oxygens (including phenoxy) is 2. The second-order valence-corrected chi connectivity index (χ2v) is 13.1. The Balaban J connectivity index is 1.36. The van der Waals surface area contributed by atoms with E-state index in [1.807, 2.05) is 6.92 Å². The number of nitrogens with one attached hydrogen (secondary N) is 3. The predicted molar refractivity (Wildman–Crippen MR) is 146 cm³/mol. The number of anilines is 1. The molecule has 12 heteroatoms. The van der Waals surface area contributed by atoms with Crippen LogP contribution in [0.25, 0.3) is 0 Å². The van der Waals surface area contributed by atoms with E-state index >= 15 is 0 Å². The maximum absolute atomic E-state index is 13.3. The molecule has 5 N–H and O–H groups in total. The van der Waals surface area contributed by atoms with Gasteiger partial charge in [0.05, 0.1) is 57.9 Å². The molecular weight excluding hydrogens is 522 g/mol. The first kappa shape index (κ1) is 28.7. The number of morpholine rings is 2. The molecule has 2 aliphatic carbocycles. The summed E-state index contributed by atoms with van der Waals surface area (Å²) in [5.41, 5.74) is -0.127. The molecule has 11 nitrogen and oxygen atoms in total. The average molecular weight is 567 g/mol. The number of aromatic nitrogens is 1. The average Bonchev–Trinajstić information content (AvgIpc) is 3.35. The third kappa shape index (κ3) is 5.82. The van der Waals surface area contributed by atoms with Gasteiger partial charge in [0.2, 0.25) is 5.91 Å². The summed E-state index contributed by atoms with van der Waals surface area (Å²) < 4.78 is 10.8. The van der Waals surface area contributed by atoms with Gasteiger partial charge in [0.25, 0.3) is 0 Å². The van der Waals surface area contributed by atoms with E-state index in [0.717, 1.165) is 49.8 Å². The molecule has 39 heavy (non-hydrogen) atoms. The number of thiazole rings is 1. The molecule has 1 aromatic heterocycles. The zero-order valence-corrected chi connectivity index (χ0v) is 24.0. The first-order valence-corrected chi connectivity index (χ1v) is 15.2. The van der Waals surface area contributed by atoms with Crippen molar-refractivity contribution in [3.8, 4) is 0 Å². The summed E-state index contributed by atoms with van der Waals surface area (Å²) >= 11 is 1.45. The number of nitrogens with zero attached hydrogens (tertiary/aromatic N) is 2. The second kappa shape index (κ2) is 12.0. The van der Waals surface area contributed by atoms with Crippen molar-refractivity contribution in [2.45, 2.75) is 51.6 Å². The zero-order valence-electron chi connectivity index (χ0n) is 23.2. The lowest BCUT2D eigenvalue weighted by atomic mass is 9.47. The molecule has 5 rings (SSSR count). The van der Waals surface area contributed by atoms with E-state index in [4.69, 9.17) is 14.5 Å². The van der Waals surface area contributed by atoms with Crippen molar-refractivity contribution < 1.29 is 34.2 Å². The van der Waals surface area contributed by atoms with Gasteiger partial charge in [0.15, 0.2) is 5.13 Å². The molecular formula is C27H44N5O6S+. The number of carbonyl (C=O) groups is 2. The van der Waals surface area contributed by atoms with Crippen molar-refractivity contribution >= 4 is 28.4 Å². The number of fused-ring (bicyclic) bond motifs is 2. The molecule has 0 bridgehead atoms. The van der Waals surface area contributed by atoms with Gasteiger partial charge in [-0.2, -0.15) is 0 Å². The van der Waals surface area contributed by atoms with Gasteiger partial charge in [-0.3, -0.25) is 10.1 Å². The fraction of sp³-hybridized carbons (Fsp3) is 0.815. The zero-order chi connectivity index (χ0) is 27.6. The highest BCUT2D eigenvalue weighted by Gasteiger charge is 2.59. The summed E-state index contributed by atoms with van der Waals surface area (Å²) in [5, 5.41) is 28.1. The van der Waals surface area contributed by atoms with Crippen LogP contribution in [-0.4, -0.2) is 110 Å². The maximum atomic E-state index is 13.3. The predicted octanol–water partition coefficient (Wildman–Crippen LogP) is -0.156. The van der Waals surface area contributed by atoms with Crippen LogP contribution in [0.5, 0.6) is 0 Å². The Morgan fingerprint density at radius 3 is 2.62 bits per heavy atom. The number of rotatable bonds is 7. The Hall–Kier alpha value is -1.83. The van der Waals surface area contributed by atoms with Crippen LogP contribution in [0.15, 0.2) is 0 Å². The van der Waals surface area contributed by atoms with Crippen LogP contribution < -0.4 is 15.5 Å². The largest absolute Gasteiger partial charge is 0.396 e. The van der Waals surface area contributed by atoms with Crippen LogP contribution in [-0.2, 0) is 20.7 Å². The van der Waals surface area contributed by atoms with Crippen LogP contribution in [0.4, 0.5) is 9.93 Å². The summed E-state index contributed by atoms with van der Waals surface area (Å²) in [6.07, 6.45) is 1.65. The maximum Gasteiger partial charge on any atom is 0.323 e. The number of aliphatic hydroxyl groups excluding tert-OH is 2. The molecule has 2 aliphatic heterocycles. The molecule has 218 valence electrons. The first-order chi connectivity index (χ1) is 18.7. The number of carbonyl (C=O) groups excluding carboxylic acids is 2. The van der Waals surface area contributed by atoms with Crippen molar-refractivity contribution in [1.82, 2.24) is 15.2 Å². The third-order valence-electron chi connectivity index (χ3n) is 9.80. The highest BCUT2D eigenvalue weighted by atomic mass is 32.1. The Morgan fingerprint density at radius 1 is 1.18 bits per heavy atom. The number of hydrogen-bond acceptors (Lipinski definition) is 8. The van der Waals surface area contributed by atoms with Crippen molar-refractivity contribution in [2.75, 3.05) is 77.6 Å². The van der Waals surface area contributed by atoms with Gasteiger partial charge in [0.1, 0.15) is 13.1 Å². The minimum atomic E-state index is -0.680. The van der Waals surface area contributed by atoms with Crippen molar-refractivity contribution in [2.24, 2.45) is 16.7 Å². The smallest absolute Gasteiger partial charge is 0.323 e. The van der Waals surface area contributed by atoms with Crippen LogP contribution >= 0.6 is 11.3 Å². The van der Waals surface area contributed by atoms with E-state index in [9.17, 15) is 19.8 Å². The Labute approximate surface area is 234 Å². The van der Waals surface area contributed by atoms with Gasteiger partial charge >= 0.3 is 6.03 Å². The Morgan fingerprint density at radius 2 is 1.90 bits per heavy atom. The summed E-state index contributed by atoms with van der Waals surface area (Å²) in [4.78, 5) is 35.3. The molecule has 3 fully saturated rings. The highest BCUT2D eigenvalue weighted by Crippen LogP contribution is 2.62. The van der Waals surface area contributed by atoms with Crippen LogP contribution in [0, 0.1) is 16.7 Å². The van der Waals surface area contributed by atoms with Gasteiger partial charge < -0.3 is 34.8 Å². The SMILES string of the molecule is C[C@]1(CO)[C@H]2Cc3sc(NC(=O)N4CCOCC4)nc3[C@@H](CC(=O)NCC[NH+]3CCOCC3)[C@]2(C)CC[C@H]1O. The molecule has 0 aromatic carbocycles. The number of amides is 3. The molecule has 3 heterocycles. The Bertz CT molecular complexity index is 1030. The molecule has 0 radical (unpaired) electrons. The van der Waals surface area contributed by atoms with Crippen LogP contribution in [0.3, 0.4) is 0 Å². The second-order valence-electron chi connectivity index (χ2n) is 12.1. The summed E-state index contributed by atoms with van der Waals surface area (Å²) in [7, 11) is 0. The number of aliphatic hydroxyl groups is 2. The van der Waals surface area contributed by atoms with Crippen molar-refractivity contribution in [1.29, 1.82) is 0 Å². The minimum Gasteiger partial charge on any atom is -0.396 e. The van der Waals surface area contributed by atoms with Gasteiger partial charge in [-0.1, -0.05) is 13.8 Å². The standard InChI is InChI=1S/C27H43N5O6S/c1-26-4-3-21(34)27(2,17-33)20(26)16-19-23(29-24(39-19)30-25(36)32-9-13-38-14-10-32)18(26)15-22(35)28-5-6-31-7-11-37-12-8-31/h18,20-21,33-34H,3-17H2,1-2H3,(H,28,35)(H,29,30,36)/p+1/t18-,20+,21-,26+,27+/m1/s1. The van der Waals surface area contributed by atoms with Gasteiger partial charge in [-0.15, -0.1) is 11.3 Å². The lowest BCUT2D eigenvalue weighted by Crippen LogP contribution is -3.14. The quantitative estimate of drug-likeness (QED) is 0.309. The fourth-order valence-electron chi connectivity index (χ4n) is 7.18. The monoisotopic (exact) mass is 566 g/mol. The van der Waals surface area contributed by atoms with E-state index < -0.39 is 11.5 Å². The van der Waals surface area contributed by atoms with Gasteiger partial charge in [-0.25, -0.2) is 9.78 Å². The van der Waals surface area contributed by atoms with Crippen molar-refractivity contribution in [3.05, 3.63) is 10.6 Å². The van der Waals surface area contributed by atoms with Crippen LogP contribution in [0.2, 0.25) is 0 Å². The van der Waals surface area contributed by atoms with Crippen molar-refractivity contribution in [3.63, 3.8) is 0 Å². The number of hydrogen-bond donors (Lipinski definition) is 5. The first-order valence-electron chi connectivity index (χ1n) is 14.3. The summed E-state index contributed by atoms with van der Waals surface area (Å²) in [5.74, 6) is -0.208. The van der Waals surface area contributed by atoms with E-state index in [1.54, 1.807) is 4.90 Å². The summed E-state index contributed by atoms with van der Waals surface area (Å²) in [6.45, 7) is 11.1. The normalized spacial score (nSPS) is 33.2. The van der Waals surface area contributed by atoms with E-state index in [0.29, 0.717) is 50.8 Å². The molecule has 0 unspecified atom stereocenters. The van der Waals surface area contributed by atoms with E-state index in [-0.39, 0.29) is 42.2 Å². The molecule has 1 saturated carbocycles. The molecule has 4 aliphatic rings. The molecule has 3 amide bonds. The third-order valence-corrected chi connectivity index (χ3v) is 10.8. The van der Waals surface area contributed by atoms with Crippen LogP contribution in [0.1, 0.15) is 49.6 Å².